The highest BCUT2D eigenvalue weighted by molar-refractivity contribution is 6.01. The van der Waals surface area contributed by atoms with Gasteiger partial charge in [0.2, 0.25) is 5.91 Å². The van der Waals surface area contributed by atoms with E-state index in [4.69, 9.17) is 4.84 Å². The van der Waals surface area contributed by atoms with E-state index in [0.29, 0.717) is 17.7 Å². The molecule has 1 heterocycles. The topological polar surface area (TPSA) is 41.9 Å². The molecule has 0 aromatic heterocycles. The molecule has 0 saturated carbocycles. The Bertz CT molecular complexity index is 877. The van der Waals surface area contributed by atoms with E-state index < -0.39 is 11.7 Å². The first kappa shape index (κ1) is 20.8. The van der Waals surface area contributed by atoms with Crippen LogP contribution in [-0.4, -0.2) is 29.2 Å². The molecule has 1 amide bonds. The third-order valence-corrected chi connectivity index (χ3v) is 4.64. The summed E-state index contributed by atoms with van der Waals surface area (Å²) in [6.45, 7) is 2.15. The summed E-state index contributed by atoms with van der Waals surface area (Å²) >= 11 is 0. The van der Waals surface area contributed by atoms with Crippen molar-refractivity contribution in [2.45, 2.75) is 38.6 Å². The number of oxime groups is 1. The zero-order valence-electron chi connectivity index (χ0n) is 15.7. The van der Waals surface area contributed by atoms with Crippen LogP contribution in [0.25, 0.3) is 0 Å². The van der Waals surface area contributed by atoms with Gasteiger partial charge in [0, 0.05) is 19.4 Å². The van der Waals surface area contributed by atoms with E-state index in [1.54, 1.807) is 24.0 Å². The molecule has 2 aromatic rings. The van der Waals surface area contributed by atoms with Crippen molar-refractivity contribution in [2.75, 3.05) is 6.54 Å². The Balaban J connectivity index is 1.64. The summed E-state index contributed by atoms with van der Waals surface area (Å²) in [7, 11) is 0. The van der Waals surface area contributed by atoms with E-state index in [2.05, 4.69) is 5.16 Å². The first-order chi connectivity index (χ1) is 13.8. The Labute approximate surface area is 165 Å². The van der Waals surface area contributed by atoms with Crippen LogP contribution in [0.15, 0.2) is 53.7 Å². The summed E-state index contributed by atoms with van der Waals surface area (Å²) in [5.74, 6) is -0.482. The number of alkyl halides is 3. The van der Waals surface area contributed by atoms with Gasteiger partial charge >= 0.3 is 6.18 Å². The van der Waals surface area contributed by atoms with E-state index in [1.807, 2.05) is 0 Å². The van der Waals surface area contributed by atoms with Crippen molar-refractivity contribution in [3.63, 3.8) is 0 Å². The molecule has 0 bridgehead atoms. The minimum atomic E-state index is -4.40. The van der Waals surface area contributed by atoms with Crippen molar-refractivity contribution < 1.29 is 27.2 Å². The highest BCUT2D eigenvalue weighted by atomic mass is 19.4. The van der Waals surface area contributed by atoms with Crippen LogP contribution < -0.4 is 0 Å². The molecule has 4 nitrogen and oxygen atoms in total. The Morgan fingerprint density at radius 2 is 1.79 bits per heavy atom. The molecule has 154 valence electrons. The van der Waals surface area contributed by atoms with Gasteiger partial charge in [-0.15, -0.1) is 0 Å². The van der Waals surface area contributed by atoms with E-state index >= 15 is 0 Å². The smallest absolute Gasteiger partial charge is 0.390 e. The van der Waals surface area contributed by atoms with Crippen molar-refractivity contribution in [1.29, 1.82) is 0 Å². The lowest BCUT2D eigenvalue weighted by Crippen LogP contribution is -2.36. The van der Waals surface area contributed by atoms with E-state index in [9.17, 15) is 22.4 Å². The van der Waals surface area contributed by atoms with Gasteiger partial charge in [-0.25, -0.2) is 4.39 Å². The predicted octanol–water partition coefficient (Wildman–Crippen LogP) is 4.78. The van der Waals surface area contributed by atoms with Crippen LogP contribution in [0, 0.1) is 5.82 Å². The normalized spacial score (nSPS) is 16.3. The van der Waals surface area contributed by atoms with Gasteiger partial charge in [0.1, 0.15) is 5.82 Å². The third kappa shape index (κ3) is 5.34. The van der Waals surface area contributed by atoms with E-state index in [0.717, 1.165) is 17.7 Å². The van der Waals surface area contributed by atoms with Crippen LogP contribution in [0.3, 0.4) is 0 Å². The minimum absolute atomic E-state index is 0.135. The predicted molar refractivity (Wildman–Crippen MR) is 99.6 cm³/mol. The Morgan fingerprint density at radius 3 is 2.38 bits per heavy atom. The second kappa shape index (κ2) is 8.63. The van der Waals surface area contributed by atoms with Gasteiger partial charge in [0.05, 0.1) is 17.8 Å². The van der Waals surface area contributed by atoms with Crippen LogP contribution in [0.1, 0.15) is 36.5 Å². The van der Waals surface area contributed by atoms with Gasteiger partial charge in [0.15, 0.2) is 6.10 Å². The fourth-order valence-corrected chi connectivity index (χ4v) is 3.08. The average molecular weight is 408 g/mol. The Hall–Kier alpha value is -2.90. The van der Waals surface area contributed by atoms with Crippen molar-refractivity contribution in [1.82, 2.24) is 4.90 Å². The van der Waals surface area contributed by atoms with Crippen LogP contribution in [0.2, 0.25) is 0 Å². The molecule has 0 radical (unpaired) electrons. The molecule has 0 unspecified atom stereocenters. The highest BCUT2D eigenvalue weighted by Gasteiger charge is 2.30. The molecule has 1 aliphatic rings. The van der Waals surface area contributed by atoms with Crippen LogP contribution in [0.5, 0.6) is 0 Å². The summed E-state index contributed by atoms with van der Waals surface area (Å²) in [5.41, 5.74) is 1.27. The largest absolute Gasteiger partial charge is 0.416 e. The fraction of sp³-hybridized carbons (Fsp3) is 0.333. The molecule has 0 aliphatic carbocycles. The van der Waals surface area contributed by atoms with Crippen molar-refractivity contribution in [3.8, 4) is 0 Å². The molecule has 29 heavy (non-hydrogen) atoms. The van der Waals surface area contributed by atoms with Gasteiger partial charge < -0.3 is 9.74 Å². The van der Waals surface area contributed by atoms with E-state index in [-0.39, 0.29) is 37.3 Å². The maximum atomic E-state index is 13.1. The molecule has 0 N–H and O–H groups in total. The highest BCUT2D eigenvalue weighted by Crippen LogP contribution is 2.29. The lowest BCUT2D eigenvalue weighted by atomic mass is 10.0. The lowest BCUT2D eigenvalue weighted by molar-refractivity contribution is -0.137. The van der Waals surface area contributed by atoms with Crippen molar-refractivity contribution in [3.05, 3.63) is 71.0 Å². The number of amides is 1. The molecule has 0 fully saturated rings. The number of hydrogen-bond donors (Lipinski definition) is 0. The van der Waals surface area contributed by atoms with Gasteiger partial charge in [-0.05, 0) is 35.4 Å². The Kier molecular flexibility index (Phi) is 6.20. The maximum absolute atomic E-state index is 13.1. The fourth-order valence-electron chi connectivity index (χ4n) is 3.08. The lowest BCUT2D eigenvalue weighted by Gasteiger charge is -2.24. The molecule has 8 heteroatoms. The van der Waals surface area contributed by atoms with Crippen molar-refractivity contribution >= 4 is 11.6 Å². The standard InChI is InChI=1S/C21H20F4N2O2/c1-2-20(28)27(12-14-3-7-16(8-4-14)21(23,24)25)13-18-11-19(26-29-18)15-5-9-17(22)10-6-15/h3-10,18H,2,11-13H2,1H3/t18-/m1/s1. The molecular weight excluding hydrogens is 388 g/mol. The van der Waals surface area contributed by atoms with Gasteiger partial charge in [-0.1, -0.05) is 36.3 Å². The molecule has 0 spiro atoms. The van der Waals surface area contributed by atoms with Gasteiger partial charge in [-0.3, -0.25) is 4.79 Å². The number of benzene rings is 2. The van der Waals surface area contributed by atoms with Crippen LogP contribution >= 0.6 is 0 Å². The molecule has 1 atom stereocenters. The zero-order valence-corrected chi connectivity index (χ0v) is 15.7. The van der Waals surface area contributed by atoms with Gasteiger partial charge in [0.25, 0.3) is 0 Å². The summed E-state index contributed by atoms with van der Waals surface area (Å²) in [6.07, 6.45) is -4.06. The second-order valence-electron chi connectivity index (χ2n) is 6.80. The average Bonchev–Trinajstić information content (AvgIpc) is 3.15. The monoisotopic (exact) mass is 408 g/mol. The summed E-state index contributed by atoms with van der Waals surface area (Å²) < 4.78 is 51.2. The molecule has 0 saturated heterocycles. The van der Waals surface area contributed by atoms with Crippen molar-refractivity contribution in [2.24, 2.45) is 5.16 Å². The maximum Gasteiger partial charge on any atom is 0.416 e. The quantitative estimate of drug-likeness (QED) is 0.646. The van der Waals surface area contributed by atoms with E-state index in [1.165, 1.54) is 24.3 Å². The first-order valence-electron chi connectivity index (χ1n) is 9.18. The Morgan fingerprint density at radius 1 is 1.14 bits per heavy atom. The number of carbonyl (C=O) groups excluding carboxylic acids is 1. The third-order valence-electron chi connectivity index (χ3n) is 4.64. The summed E-state index contributed by atoms with van der Waals surface area (Å²) in [5, 5.41) is 4.03. The van der Waals surface area contributed by atoms with Gasteiger partial charge in [-0.2, -0.15) is 13.2 Å². The summed E-state index contributed by atoms with van der Waals surface area (Å²) in [6, 6.07) is 10.6. The van der Waals surface area contributed by atoms with Crippen LogP contribution in [-0.2, 0) is 22.4 Å². The number of hydrogen-bond acceptors (Lipinski definition) is 3. The second-order valence-corrected chi connectivity index (χ2v) is 6.80. The zero-order chi connectivity index (χ0) is 21.0. The SMILES string of the molecule is CCC(=O)N(Cc1ccc(C(F)(F)F)cc1)C[C@H]1CC(c2ccc(F)cc2)=NO1. The molecule has 2 aromatic carbocycles. The minimum Gasteiger partial charge on any atom is -0.390 e. The molecule has 1 aliphatic heterocycles. The first-order valence-corrected chi connectivity index (χ1v) is 9.18. The number of rotatable bonds is 6. The molecule has 3 rings (SSSR count). The summed E-state index contributed by atoms with van der Waals surface area (Å²) in [4.78, 5) is 19.3. The van der Waals surface area contributed by atoms with Crippen LogP contribution in [0.4, 0.5) is 17.6 Å². The molecular formula is C21H20F4N2O2. The number of halogens is 4. The number of nitrogens with zero attached hydrogens (tertiary/aromatic N) is 2. The number of carbonyl (C=O) groups is 1.